The number of likely N-dealkylation sites (tertiary alicyclic amines) is 1. The number of tetrazole rings is 1. The lowest BCUT2D eigenvalue weighted by molar-refractivity contribution is 0.0992. The van der Waals surface area contributed by atoms with E-state index < -0.39 is 17.2 Å². The number of aromatic amines is 1. The van der Waals surface area contributed by atoms with E-state index in [0.29, 0.717) is 29.9 Å². The zero-order chi connectivity index (χ0) is 27.3. The van der Waals surface area contributed by atoms with Gasteiger partial charge in [-0.3, -0.25) is 9.59 Å². The summed E-state index contributed by atoms with van der Waals surface area (Å²) in [6.45, 7) is 7.57. The summed E-state index contributed by atoms with van der Waals surface area (Å²) < 4.78 is 0. The van der Waals surface area contributed by atoms with Crippen LogP contribution >= 0.6 is 0 Å². The molecule has 0 radical (unpaired) electrons. The molecule has 3 aromatic rings. The number of nitrogens with one attached hydrogen (secondary N) is 2. The molecule has 1 aliphatic rings. The van der Waals surface area contributed by atoms with Crippen molar-refractivity contribution in [1.29, 1.82) is 5.26 Å². The molecule has 2 amide bonds. The molecule has 0 bridgehead atoms. The molecule has 38 heavy (non-hydrogen) atoms. The first kappa shape index (κ1) is 26.5. The number of rotatable bonds is 11. The summed E-state index contributed by atoms with van der Waals surface area (Å²) in [6.07, 6.45) is 2.30. The maximum atomic E-state index is 11.7. The third-order valence-corrected chi connectivity index (χ3v) is 7.13. The van der Waals surface area contributed by atoms with Crippen LogP contribution < -0.4 is 16.8 Å². The molecule has 11 heteroatoms. The van der Waals surface area contributed by atoms with E-state index in [-0.39, 0.29) is 12.1 Å². The summed E-state index contributed by atoms with van der Waals surface area (Å²) in [5, 5.41) is 28.1. The molecule has 196 valence electrons. The highest BCUT2D eigenvalue weighted by Crippen LogP contribution is 2.41. The van der Waals surface area contributed by atoms with Gasteiger partial charge in [-0.25, -0.2) is 0 Å². The smallest absolute Gasteiger partial charge is 0.248 e. The number of carbonyl (C=O) groups excluding carboxylic acids is 2. The summed E-state index contributed by atoms with van der Waals surface area (Å²) in [5.41, 5.74) is 13.3. The summed E-state index contributed by atoms with van der Waals surface area (Å²) in [4.78, 5) is 25.5. The van der Waals surface area contributed by atoms with Crippen molar-refractivity contribution in [1.82, 2.24) is 30.8 Å². The molecule has 2 atom stereocenters. The predicted molar refractivity (Wildman–Crippen MR) is 141 cm³/mol. The van der Waals surface area contributed by atoms with Crippen LogP contribution in [0.15, 0.2) is 60.8 Å². The number of hydrogen-bond donors (Lipinski definition) is 4. The van der Waals surface area contributed by atoms with E-state index in [2.05, 4.69) is 43.5 Å². The van der Waals surface area contributed by atoms with Crippen LogP contribution in [0.3, 0.4) is 0 Å². The molecule has 11 nitrogen and oxygen atoms in total. The Morgan fingerprint density at radius 3 is 2.21 bits per heavy atom. The lowest BCUT2D eigenvalue weighted by Gasteiger charge is -2.35. The average molecular weight is 514 g/mol. The van der Waals surface area contributed by atoms with Gasteiger partial charge in [0.05, 0.1) is 11.5 Å². The normalized spacial score (nSPS) is 16.1. The molecule has 1 aliphatic heterocycles. The maximum absolute atomic E-state index is 11.7. The zero-order valence-electron chi connectivity index (χ0n) is 21.2. The third-order valence-electron chi connectivity index (χ3n) is 7.13. The van der Waals surface area contributed by atoms with Crippen molar-refractivity contribution >= 4 is 11.8 Å². The van der Waals surface area contributed by atoms with Gasteiger partial charge in [0.1, 0.15) is 6.04 Å². The minimum Gasteiger partial charge on any atom is -0.366 e. The van der Waals surface area contributed by atoms with Crippen LogP contribution in [0.1, 0.15) is 63.9 Å². The first-order valence-corrected chi connectivity index (χ1v) is 12.4. The van der Waals surface area contributed by atoms with Crippen LogP contribution in [-0.2, 0) is 5.41 Å². The highest BCUT2D eigenvalue weighted by Gasteiger charge is 2.42. The fourth-order valence-electron chi connectivity index (χ4n) is 5.14. The van der Waals surface area contributed by atoms with E-state index >= 15 is 0 Å². The molecular formula is C27H31N9O2. The first-order valence-electron chi connectivity index (χ1n) is 12.4. The van der Waals surface area contributed by atoms with Crippen LogP contribution in [0.5, 0.6) is 0 Å². The highest BCUT2D eigenvalue weighted by molar-refractivity contribution is 5.93. The number of benzene rings is 2. The average Bonchev–Trinajstić information content (AvgIpc) is 3.63. The number of carbonyl (C=O) groups is 2. The molecule has 1 fully saturated rings. The van der Waals surface area contributed by atoms with Crippen molar-refractivity contribution in [3.8, 4) is 6.07 Å². The zero-order valence-corrected chi connectivity index (χ0v) is 21.2. The molecule has 0 aliphatic carbocycles. The Morgan fingerprint density at radius 2 is 1.74 bits per heavy atom. The topological polar surface area (TPSA) is 180 Å². The minimum absolute atomic E-state index is 0.0833. The van der Waals surface area contributed by atoms with E-state index in [0.717, 1.165) is 36.2 Å². The van der Waals surface area contributed by atoms with Gasteiger partial charge in [-0.05, 0) is 61.6 Å². The van der Waals surface area contributed by atoms with Gasteiger partial charge < -0.3 is 21.7 Å². The Bertz CT molecular complexity index is 1270. The molecule has 2 aromatic carbocycles. The van der Waals surface area contributed by atoms with Crippen molar-refractivity contribution in [2.75, 3.05) is 13.1 Å². The summed E-state index contributed by atoms with van der Waals surface area (Å²) in [6, 6.07) is 16.1. The van der Waals surface area contributed by atoms with Crippen molar-refractivity contribution < 1.29 is 9.59 Å². The van der Waals surface area contributed by atoms with Gasteiger partial charge in [-0.15, -0.1) is 10.2 Å². The van der Waals surface area contributed by atoms with Crippen molar-refractivity contribution in [2.45, 2.75) is 43.7 Å². The Labute approximate surface area is 220 Å². The number of primary amides is 2. The Hall–Kier alpha value is -4.56. The van der Waals surface area contributed by atoms with E-state index in [1.54, 1.807) is 24.3 Å². The second-order valence-corrected chi connectivity index (χ2v) is 9.56. The fourth-order valence-corrected chi connectivity index (χ4v) is 5.14. The lowest BCUT2D eigenvalue weighted by atomic mass is 9.69. The van der Waals surface area contributed by atoms with Gasteiger partial charge in [0, 0.05) is 36.0 Å². The highest BCUT2D eigenvalue weighted by atomic mass is 16.1. The lowest BCUT2D eigenvalue weighted by Crippen LogP contribution is -2.41. The SMILES string of the molecule is C=C(CN[C@@H](C)CC(c1ccc(C(N)=O)cc1)(c1ccc(C(N)=O)cc1)c1nn[nH]n1)N1CCCC1C#N. The standard InChI is InChI=1S/C27H31N9O2/c1-17(31-16-18(2)36-13-3-4-23(36)15-28)14-27(26-32-34-35-33-26,21-9-5-19(6-10-21)24(29)37)22-11-7-20(8-12-22)25(30)38/h5-12,17,23,31H,2-4,13-14,16H2,1H3,(H2,29,37)(H2,30,38)(H,32,33,34,35)/t17-,23?/m0/s1. The Kier molecular flexibility index (Phi) is 7.83. The van der Waals surface area contributed by atoms with Crippen LogP contribution in [0.4, 0.5) is 0 Å². The van der Waals surface area contributed by atoms with Gasteiger partial charge >= 0.3 is 0 Å². The number of nitrogens with zero attached hydrogens (tertiary/aromatic N) is 5. The Morgan fingerprint density at radius 1 is 1.16 bits per heavy atom. The van der Waals surface area contributed by atoms with Gasteiger partial charge in [0.2, 0.25) is 11.8 Å². The number of nitrogens with two attached hydrogens (primary N) is 2. The van der Waals surface area contributed by atoms with Crippen LogP contribution in [0.2, 0.25) is 0 Å². The molecule has 1 aromatic heterocycles. The number of aromatic nitrogens is 4. The number of amides is 2. The molecule has 4 rings (SSSR count). The summed E-state index contributed by atoms with van der Waals surface area (Å²) in [5.74, 6) is -0.634. The number of H-pyrrole nitrogens is 1. The van der Waals surface area contributed by atoms with Crippen molar-refractivity contribution in [3.05, 3.63) is 88.9 Å². The van der Waals surface area contributed by atoms with Crippen LogP contribution in [0.25, 0.3) is 0 Å². The monoisotopic (exact) mass is 513 g/mol. The van der Waals surface area contributed by atoms with E-state index in [9.17, 15) is 14.9 Å². The predicted octanol–water partition coefficient (Wildman–Crippen LogP) is 1.60. The van der Waals surface area contributed by atoms with E-state index in [4.69, 9.17) is 11.5 Å². The second-order valence-electron chi connectivity index (χ2n) is 9.56. The molecule has 6 N–H and O–H groups in total. The van der Waals surface area contributed by atoms with Gasteiger partial charge in [0.25, 0.3) is 0 Å². The molecule has 0 saturated carbocycles. The number of nitriles is 1. The van der Waals surface area contributed by atoms with Gasteiger partial charge in [-0.2, -0.15) is 10.5 Å². The Balaban J connectivity index is 1.71. The van der Waals surface area contributed by atoms with E-state index in [1.165, 1.54) is 0 Å². The second kappa shape index (κ2) is 11.2. The molecule has 1 unspecified atom stereocenters. The minimum atomic E-state index is -0.907. The maximum Gasteiger partial charge on any atom is 0.248 e. The number of hydrogen-bond acceptors (Lipinski definition) is 8. The van der Waals surface area contributed by atoms with Crippen molar-refractivity contribution in [3.63, 3.8) is 0 Å². The first-order chi connectivity index (χ1) is 18.3. The molecule has 2 heterocycles. The van der Waals surface area contributed by atoms with Crippen molar-refractivity contribution in [2.24, 2.45) is 11.5 Å². The largest absolute Gasteiger partial charge is 0.366 e. The molecule has 1 saturated heterocycles. The van der Waals surface area contributed by atoms with Crippen LogP contribution in [0, 0.1) is 11.3 Å². The van der Waals surface area contributed by atoms with Gasteiger partial charge in [-0.1, -0.05) is 36.1 Å². The van der Waals surface area contributed by atoms with E-state index in [1.807, 2.05) is 31.2 Å². The van der Waals surface area contributed by atoms with Gasteiger partial charge in [0.15, 0.2) is 5.82 Å². The summed E-state index contributed by atoms with van der Waals surface area (Å²) >= 11 is 0. The molecular weight excluding hydrogens is 482 g/mol. The quantitative estimate of drug-likeness (QED) is 0.298. The molecule has 0 spiro atoms. The fraction of sp³-hybridized carbons (Fsp3) is 0.333. The van der Waals surface area contributed by atoms with Crippen LogP contribution in [-0.4, -0.2) is 62.5 Å². The summed E-state index contributed by atoms with van der Waals surface area (Å²) in [7, 11) is 0. The third kappa shape index (κ3) is 5.26.